The topological polar surface area (TPSA) is 80.8 Å². The number of fused-ring (bicyclic) bond motifs is 3. The van der Waals surface area contributed by atoms with Crippen LogP contribution in [0.15, 0.2) is 24.9 Å². The lowest BCUT2D eigenvalue weighted by Crippen LogP contribution is -2.38. The predicted molar refractivity (Wildman–Crippen MR) is 104 cm³/mol. The molecule has 9 nitrogen and oxygen atoms in total. The zero-order valence-corrected chi connectivity index (χ0v) is 15.8. The Morgan fingerprint density at radius 2 is 1.82 bits per heavy atom. The van der Waals surface area contributed by atoms with Gasteiger partial charge in [-0.15, -0.1) is 10.2 Å². The van der Waals surface area contributed by atoms with Crippen LogP contribution in [0, 0.1) is 0 Å². The van der Waals surface area contributed by atoms with Gasteiger partial charge in [-0.25, -0.2) is 9.97 Å². The molecule has 0 amide bonds. The summed E-state index contributed by atoms with van der Waals surface area (Å²) in [5, 5.41) is 8.42. The molecular weight excluding hydrogens is 354 g/mol. The molecule has 0 spiro atoms. The summed E-state index contributed by atoms with van der Waals surface area (Å²) in [6.45, 7) is 2.83. The number of aromatic nitrogens is 7. The standard InChI is InChI=1S/C19H23N9/c1-2-6-14(5-1)27-12-16-24-22-13-28(16)15-11-21-18(23-17(15)27)26-10-7-20-19(26)25-8-3-4-9-25/h7,10-11,13-14H,1-6,8-9,12H2. The molecule has 2 fully saturated rings. The van der Waals surface area contributed by atoms with Gasteiger partial charge in [0.05, 0.1) is 12.7 Å². The van der Waals surface area contributed by atoms with E-state index in [1.807, 2.05) is 27.7 Å². The van der Waals surface area contributed by atoms with Crippen LogP contribution >= 0.6 is 0 Å². The van der Waals surface area contributed by atoms with Gasteiger partial charge in [0, 0.05) is 31.5 Å². The molecule has 0 N–H and O–H groups in total. The van der Waals surface area contributed by atoms with Crippen molar-refractivity contribution in [3.05, 3.63) is 30.7 Å². The van der Waals surface area contributed by atoms with Crippen molar-refractivity contribution in [3.8, 4) is 11.6 Å². The summed E-state index contributed by atoms with van der Waals surface area (Å²) in [4.78, 5) is 19.0. The smallest absolute Gasteiger partial charge is 0.238 e. The van der Waals surface area contributed by atoms with Gasteiger partial charge < -0.3 is 9.80 Å². The molecule has 3 aromatic heterocycles. The third kappa shape index (κ3) is 2.42. The monoisotopic (exact) mass is 377 g/mol. The molecule has 28 heavy (non-hydrogen) atoms. The Kier molecular flexibility index (Phi) is 3.60. The van der Waals surface area contributed by atoms with Crippen molar-refractivity contribution in [3.63, 3.8) is 0 Å². The van der Waals surface area contributed by atoms with Gasteiger partial charge in [-0.3, -0.25) is 9.13 Å². The molecule has 144 valence electrons. The van der Waals surface area contributed by atoms with E-state index in [1.54, 1.807) is 6.33 Å². The van der Waals surface area contributed by atoms with Crippen molar-refractivity contribution in [2.24, 2.45) is 0 Å². The first kappa shape index (κ1) is 16.0. The summed E-state index contributed by atoms with van der Waals surface area (Å²) in [7, 11) is 0. The Labute approximate surface area is 163 Å². The van der Waals surface area contributed by atoms with Gasteiger partial charge >= 0.3 is 0 Å². The first-order valence-corrected chi connectivity index (χ1v) is 10.2. The summed E-state index contributed by atoms with van der Waals surface area (Å²) >= 11 is 0. The number of hydrogen-bond acceptors (Lipinski definition) is 7. The van der Waals surface area contributed by atoms with Crippen LogP contribution in [0.4, 0.5) is 11.8 Å². The Balaban J connectivity index is 1.45. The van der Waals surface area contributed by atoms with E-state index in [0.717, 1.165) is 42.9 Å². The minimum absolute atomic E-state index is 0.507. The molecule has 3 aliphatic rings. The number of anilines is 2. The molecule has 2 aliphatic heterocycles. The van der Waals surface area contributed by atoms with E-state index < -0.39 is 0 Å². The highest BCUT2D eigenvalue weighted by atomic mass is 15.4. The van der Waals surface area contributed by atoms with Gasteiger partial charge in [-0.05, 0) is 25.7 Å². The third-order valence-electron chi connectivity index (χ3n) is 6.19. The maximum absolute atomic E-state index is 5.03. The van der Waals surface area contributed by atoms with Crippen molar-refractivity contribution in [1.82, 2.24) is 34.3 Å². The Morgan fingerprint density at radius 3 is 2.68 bits per heavy atom. The zero-order valence-electron chi connectivity index (χ0n) is 15.8. The first-order chi connectivity index (χ1) is 13.9. The van der Waals surface area contributed by atoms with E-state index in [4.69, 9.17) is 4.98 Å². The summed E-state index contributed by atoms with van der Waals surface area (Å²) < 4.78 is 4.03. The molecule has 1 saturated heterocycles. The van der Waals surface area contributed by atoms with Gasteiger partial charge in [0.2, 0.25) is 11.9 Å². The van der Waals surface area contributed by atoms with Crippen LogP contribution in [0.2, 0.25) is 0 Å². The minimum atomic E-state index is 0.507. The van der Waals surface area contributed by atoms with Crippen molar-refractivity contribution < 1.29 is 0 Å². The maximum atomic E-state index is 5.03. The second kappa shape index (κ2) is 6.29. The van der Waals surface area contributed by atoms with Crippen LogP contribution < -0.4 is 9.80 Å². The van der Waals surface area contributed by atoms with Crippen molar-refractivity contribution in [2.45, 2.75) is 51.1 Å². The highest BCUT2D eigenvalue weighted by Crippen LogP contribution is 2.36. The summed E-state index contributed by atoms with van der Waals surface area (Å²) in [5.41, 5.74) is 0.963. The maximum Gasteiger partial charge on any atom is 0.238 e. The van der Waals surface area contributed by atoms with E-state index in [-0.39, 0.29) is 0 Å². The molecule has 6 rings (SSSR count). The van der Waals surface area contributed by atoms with Crippen molar-refractivity contribution in [2.75, 3.05) is 22.9 Å². The predicted octanol–water partition coefficient (Wildman–Crippen LogP) is 2.11. The zero-order chi connectivity index (χ0) is 18.5. The summed E-state index contributed by atoms with van der Waals surface area (Å²) in [5.74, 6) is 3.55. The molecule has 0 unspecified atom stereocenters. The lowest BCUT2D eigenvalue weighted by atomic mass is 10.2. The third-order valence-corrected chi connectivity index (χ3v) is 6.19. The number of hydrogen-bond donors (Lipinski definition) is 0. The highest BCUT2D eigenvalue weighted by Gasteiger charge is 2.32. The second-order valence-electron chi connectivity index (χ2n) is 7.85. The second-order valence-corrected chi connectivity index (χ2v) is 7.85. The molecule has 3 aromatic rings. The lowest BCUT2D eigenvalue weighted by Gasteiger charge is -2.34. The van der Waals surface area contributed by atoms with Crippen LogP contribution in [-0.4, -0.2) is 53.4 Å². The molecule has 0 aromatic carbocycles. The quantitative estimate of drug-likeness (QED) is 0.691. The SMILES string of the molecule is c1cn(-c2ncc3c(n2)N(C2CCCC2)Cc2nncn2-3)c(N2CCCC2)n1. The number of imidazole rings is 1. The fourth-order valence-corrected chi connectivity index (χ4v) is 4.77. The van der Waals surface area contributed by atoms with E-state index in [2.05, 4.69) is 30.0 Å². The molecule has 0 bridgehead atoms. The average Bonchev–Trinajstić information content (AvgIpc) is 3.53. The van der Waals surface area contributed by atoms with Crippen LogP contribution in [0.3, 0.4) is 0 Å². The lowest BCUT2D eigenvalue weighted by molar-refractivity contribution is 0.566. The molecule has 1 aliphatic carbocycles. The largest absolute Gasteiger partial charge is 0.344 e. The molecule has 0 atom stereocenters. The fraction of sp³-hybridized carbons (Fsp3) is 0.526. The van der Waals surface area contributed by atoms with E-state index in [9.17, 15) is 0 Å². The average molecular weight is 377 g/mol. The normalized spacial score (nSPS) is 19.3. The summed E-state index contributed by atoms with van der Waals surface area (Å²) in [6, 6.07) is 0.507. The van der Waals surface area contributed by atoms with Crippen LogP contribution in [0.25, 0.3) is 11.6 Å². The van der Waals surface area contributed by atoms with Crippen LogP contribution in [0.1, 0.15) is 44.3 Å². The van der Waals surface area contributed by atoms with Crippen LogP contribution in [0.5, 0.6) is 0 Å². The Morgan fingerprint density at radius 1 is 0.964 bits per heavy atom. The Hall–Kier alpha value is -2.97. The molecule has 9 heteroatoms. The van der Waals surface area contributed by atoms with Crippen LogP contribution in [-0.2, 0) is 6.54 Å². The van der Waals surface area contributed by atoms with Gasteiger partial charge in [-0.1, -0.05) is 12.8 Å². The van der Waals surface area contributed by atoms with Gasteiger partial charge in [0.1, 0.15) is 12.0 Å². The van der Waals surface area contributed by atoms with Gasteiger partial charge in [0.15, 0.2) is 11.6 Å². The Bertz CT molecular complexity index is 995. The minimum Gasteiger partial charge on any atom is -0.344 e. The highest BCUT2D eigenvalue weighted by molar-refractivity contribution is 5.61. The molecular formula is C19H23N9. The van der Waals surface area contributed by atoms with E-state index in [0.29, 0.717) is 12.0 Å². The van der Waals surface area contributed by atoms with Gasteiger partial charge in [0.25, 0.3) is 0 Å². The van der Waals surface area contributed by atoms with Crippen molar-refractivity contribution >= 4 is 11.8 Å². The van der Waals surface area contributed by atoms with Gasteiger partial charge in [-0.2, -0.15) is 4.98 Å². The number of rotatable bonds is 3. The summed E-state index contributed by atoms with van der Waals surface area (Å²) in [6.07, 6.45) is 14.9. The molecule has 5 heterocycles. The first-order valence-electron chi connectivity index (χ1n) is 10.2. The molecule has 0 radical (unpaired) electrons. The number of nitrogens with zero attached hydrogens (tertiary/aromatic N) is 9. The fourth-order valence-electron chi connectivity index (χ4n) is 4.77. The molecule has 1 saturated carbocycles. The van der Waals surface area contributed by atoms with Crippen molar-refractivity contribution in [1.29, 1.82) is 0 Å². The van der Waals surface area contributed by atoms with E-state index in [1.165, 1.54) is 38.5 Å². The van der Waals surface area contributed by atoms with E-state index >= 15 is 0 Å².